The number of benzene rings is 1. The number of oxazole rings is 1. The Morgan fingerprint density at radius 3 is 2.57 bits per heavy atom. The molecule has 0 saturated heterocycles. The van der Waals surface area contributed by atoms with E-state index in [0.717, 1.165) is 5.69 Å². The SMILES string of the molecule is CC(C)[C@H](O)C(=O)N[C@H]1CCCCN(c2ccccc2)c2oc(nc2C#N)[C@H](C(C)(C)C)NC1=O. The van der Waals surface area contributed by atoms with Crippen molar-refractivity contribution in [2.24, 2.45) is 11.3 Å². The monoisotopic (exact) mass is 481 g/mol. The highest BCUT2D eigenvalue weighted by Gasteiger charge is 2.37. The average molecular weight is 482 g/mol. The first-order valence-corrected chi connectivity index (χ1v) is 12.0. The molecule has 3 N–H and O–H groups in total. The van der Waals surface area contributed by atoms with E-state index in [0.29, 0.717) is 31.7 Å². The Morgan fingerprint density at radius 2 is 1.97 bits per heavy atom. The third-order valence-corrected chi connectivity index (χ3v) is 6.10. The molecular formula is C26H35N5O4. The summed E-state index contributed by atoms with van der Waals surface area (Å²) in [7, 11) is 0. The summed E-state index contributed by atoms with van der Waals surface area (Å²) in [5, 5.41) is 25.7. The van der Waals surface area contributed by atoms with Crippen LogP contribution in [-0.2, 0) is 9.59 Å². The molecule has 0 saturated carbocycles. The molecule has 1 aromatic carbocycles. The number of carbonyl (C=O) groups is 2. The lowest BCUT2D eigenvalue weighted by Gasteiger charge is -2.31. The minimum absolute atomic E-state index is 0.150. The van der Waals surface area contributed by atoms with Gasteiger partial charge in [-0.05, 0) is 42.7 Å². The molecule has 2 heterocycles. The number of amides is 2. The maximum atomic E-state index is 13.3. The number of carbonyl (C=O) groups excluding carboxylic acids is 2. The van der Waals surface area contributed by atoms with Gasteiger partial charge in [-0.15, -0.1) is 0 Å². The van der Waals surface area contributed by atoms with Gasteiger partial charge in [-0.2, -0.15) is 10.2 Å². The number of aliphatic hydroxyl groups excluding tert-OH is 1. The third-order valence-electron chi connectivity index (χ3n) is 6.10. The van der Waals surface area contributed by atoms with Gasteiger partial charge in [-0.3, -0.25) is 9.59 Å². The number of anilines is 2. The van der Waals surface area contributed by atoms with Gasteiger partial charge in [0.2, 0.25) is 29.3 Å². The van der Waals surface area contributed by atoms with Gasteiger partial charge in [-0.1, -0.05) is 52.8 Å². The fraction of sp³-hybridized carbons (Fsp3) is 0.538. The van der Waals surface area contributed by atoms with E-state index in [1.165, 1.54) is 0 Å². The lowest BCUT2D eigenvalue weighted by atomic mass is 9.86. The molecule has 35 heavy (non-hydrogen) atoms. The minimum Gasteiger partial charge on any atom is -0.421 e. The number of nitrogens with zero attached hydrogens (tertiary/aromatic N) is 3. The van der Waals surface area contributed by atoms with Crippen LogP contribution in [0.4, 0.5) is 11.6 Å². The van der Waals surface area contributed by atoms with Crippen molar-refractivity contribution in [3.8, 4) is 6.07 Å². The molecule has 9 nitrogen and oxygen atoms in total. The number of rotatable bonds is 4. The normalized spacial score (nSPS) is 20.3. The molecule has 0 spiro atoms. The Labute approximate surface area is 206 Å². The van der Waals surface area contributed by atoms with E-state index in [-0.39, 0.29) is 23.4 Å². The second-order valence-electron chi connectivity index (χ2n) is 10.4. The van der Waals surface area contributed by atoms with Crippen molar-refractivity contribution in [2.75, 3.05) is 11.4 Å². The molecule has 0 unspecified atom stereocenters. The maximum absolute atomic E-state index is 13.3. The third kappa shape index (κ3) is 6.20. The first-order chi connectivity index (χ1) is 16.5. The summed E-state index contributed by atoms with van der Waals surface area (Å²) >= 11 is 0. The Bertz CT molecular complexity index is 1070. The first kappa shape index (κ1) is 26.2. The molecule has 0 aliphatic carbocycles. The Balaban J connectivity index is 2.02. The van der Waals surface area contributed by atoms with Crippen LogP contribution in [0.3, 0.4) is 0 Å². The Morgan fingerprint density at radius 1 is 1.29 bits per heavy atom. The average Bonchev–Trinajstić information content (AvgIpc) is 3.23. The Hall–Kier alpha value is -3.38. The quantitative estimate of drug-likeness (QED) is 0.608. The van der Waals surface area contributed by atoms with E-state index in [1.807, 2.05) is 56.0 Å². The van der Waals surface area contributed by atoms with Crippen LogP contribution in [0.25, 0.3) is 0 Å². The number of para-hydroxylation sites is 1. The fourth-order valence-electron chi connectivity index (χ4n) is 4.00. The van der Waals surface area contributed by atoms with Crippen molar-refractivity contribution in [2.45, 2.75) is 72.1 Å². The van der Waals surface area contributed by atoms with E-state index < -0.39 is 29.5 Å². The van der Waals surface area contributed by atoms with Gasteiger partial charge >= 0.3 is 0 Å². The number of aliphatic hydroxyl groups is 1. The number of aromatic nitrogens is 1. The van der Waals surface area contributed by atoms with Crippen molar-refractivity contribution in [1.29, 1.82) is 5.26 Å². The summed E-state index contributed by atoms with van der Waals surface area (Å²) in [6, 6.07) is 10.3. The summed E-state index contributed by atoms with van der Waals surface area (Å²) < 4.78 is 6.17. The molecule has 0 fully saturated rings. The van der Waals surface area contributed by atoms with Crippen LogP contribution in [0.1, 0.15) is 71.5 Å². The van der Waals surface area contributed by atoms with Crippen LogP contribution in [0.2, 0.25) is 0 Å². The van der Waals surface area contributed by atoms with E-state index >= 15 is 0 Å². The first-order valence-electron chi connectivity index (χ1n) is 12.0. The lowest BCUT2D eigenvalue weighted by Crippen LogP contribution is -2.52. The van der Waals surface area contributed by atoms with Gasteiger partial charge in [0.05, 0.1) is 0 Å². The lowest BCUT2D eigenvalue weighted by molar-refractivity contribution is -0.136. The highest BCUT2D eigenvalue weighted by atomic mass is 16.4. The molecular weight excluding hydrogens is 446 g/mol. The Kier molecular flexibility index (Phi) is 8.18. The van der Waals surface area contributed by atoms with E-state index in [4.69, 9.17) is 4.42 Å². The van der Waals surface area contributed by atoms with E-state index in [9.17, 15) is 20.0 Å². The van der Waals surface area contributed by atoms with E-state index in [1.54, 1.807) is 13.8 Å². The summed E-state index contributed by atoms with van der Waals surface area (Å²) in [6.45, 7) is 9.82. The number of nitrogens with one attached hydrogen (secondary N) is 2. The second-order valence-corrected chi connectivity index (χ2v) is 10.4. The van der Waals surface area contributed by atoms with Crippen LogP contribution in [0, 0.1) is 22.7 Å². The molecule has 1 aliphatic rings. The molecule has 2 bridgehead atoms. The zero-order valence-corrected chi connectivity index (χ0v) is 21.0. The van der Waals surface area contributed by atoms with Gasteiger partial charge in [0.15, 0.2) is 0 Å². The van der Waals surface area contributed by atoms with Crippen LogP contribution in [0.5, 0.6) is 0 Å². The van der Waals surface area contributed by atoms with Crippen molar-refractivity contribution < 1.29 is 19.1 Å². The maximum Gasteiger partial charge on any atom is 0.249 e. The molecule has 1 aromatic heterocycles. The number of hydrogen-bond donors (Lipinski definition) is 3. The summed E-state index contributed by atoms with van der Waals surface area (Å²) in [5.41, 5.74) is 0.514. The molecule has 2 amide bonds. The van der Waals surface area contributed by atoms with Crippen molar-refractivity contribution in [3.05, 3.63) is 41.9 Å². The number of fused-ring (bicyclic) bond motifs is 2. The molecule has 2 aromatic rings. The van der Waals surface area contributed by atoms with Crippen molar-refractivity contribution in [1.82, 2.24) is 15.6 Å². The van der Waals surface area contributed by atoms with Gasteiger partial charge < -0.3 is 25.1 Å². The van der Waals surface area contributed by atoms with Crippen LogP contribution >= 0.6 is 0 Å². The topological polar surface area (TPSA) is 131 Å². The summed E-state index contributed by atoms with van der Waals surface area (Å²) in [4.78, 5) is 32.3. The molecule has 3 rings (SSSR count). The second kappa shape index (κ2) is 10.9. The van der Waals surface area contributed by atoms with Crippen LogP contribution in [-0.4, -0.2) is 40.6 Å². The predicted octanol–water partition coefficient (Wildman–Crippen LogP) is 3.57. The van der Waals surface area contributed by atoms with Crippen LogP contribution < -0.4 is 15.5 Å². The molecule has 188 valence electrons. The molecule has 9 heteroatoms. The molecule has 0 radical (unpaired) electrons. The van der Waals surface area contributed by atoms with Gasteiger partial charge in [0, 0.05) is 12.2 Å². The van der Waals surface area contributed by atoms with Gasteiger partial charge in [-0.25, -0.2) is 0 Å². The predicted molar refractivity (Wildman–Crippen MR) is 132 cm³/mol. The van der Waals surface area contributed by atoms with E-state index in [2.05, 4.69) is 21.7 Å². The zero-order valence-electron chi connectivity index (χ0n) is 21.0. The smallest absolute Gasteiger partial charge is 0.249 e. The standard InChI is InChI=1S/C26H35N5O4/c1-16(2)20(32)23(34)28-18-13-9-10-14-31(17-11-7-6-8-12-17)25-19(15-27)29-24(35-25)21(26(3,4)5)30-22(18)33/h6-8,11-12,16,18,20-21,32H,9-10,13-14H2,1-5H3,(H,28,34)(H,30,33)/t18-,20-,21+/m0/s1. The molecule has 1 aliphatic heterocycles. The number of nitriles is 1. The molecule has 3 atom stereocenters. The highest BCUT2D eigenvalue weighted by Crippen LogP contribution is 2.37. The largest absolute Gasteiger partial charge is 0.421 e. The minimum atomic E-state index is -1.20. The summed E-state index contributed by atoms with van der Waals surface area (Å²) in [6.07, 6.45) is 0.496. The van der Waals surface area contributed by atoms with Gasteiger partial charge in [0.25, 0.3) is 0 Å². The highest BCUT2D eigenvalue weighted by molar-refractivity contribution is 5.89. The van der Waals surface area contributed by atoms with Crippen molar-refractivity contribution >= 4 is 23.4 Å². The van der Waals surface area contributed by atoms with Crippen LogP contribution in [0.15, 0.2) is 34.7 Å². The zero-order chi connectivity index (χ0) is 25.8. The van der Waals surface area contributed by atoms with Gasteiger partial charge in [0.1, 0.15) is 24.3 Å². The van der Waals surface area contributed by atoms with Crippen molar-refractivity contribution in [3.63, 3.8) is 0 Å². The summed E-state index contributed by atoms with van der Waals surface area (Å²) in [5.74, 6) is -0.654. The fourth-order valence-corrected chi connectivity index (χ4v) is 4.00. The number of hydrogen-bond acceptors (Lipinski definition) is 7.